The Bertz CT molecular complexity index is 1370. The molecule has 35 heavy (non-hydrogen) atoms. The highest BCUT2D eigenvalue weighted by Crippen LogP contribution is 2.44. The Kier molecular flexibility index (Phi) is 6.69. The number of ketones is 1. The molecule has 1 heterocycles. The first-order valence-electron chi connectivity index (χ1n) is 11.3. The molecule has 0 aromatic heterocycles. The van der Waals surface area contributed by atoms with Crippen molar-refractivity contribution in [2.45, 2.75) is 46.1 Å². The smallest absolute Gasteiger partial charge is 0.300 e. The van der Waals surface area contributed by atoms with E-state index in [2.05, 4.69) is 36.7 Å². The van der Waals surface area contributed by atoms with Crippen molar-refractivity contribution >= 4 is 50.7 Å². The molecule has 0 bridgehead atoms. The lowest BCUT2D eigenvalue weighted by Gasteiger charge is -2.28. The number of hydrogen-bond donors (Lipinski definition) is 1. The van der Waals surface area contributed by atoms with Crippen LogP contribution in [-0.4, -0.2) is 16.8 Å². The number of aryl methyl sites for hydroxylation is 1. The van der Waals surface area contributed by atoms with Gasteiger partial charge in [0.15, 0.2) is 0 Å². The number of Topliss-reactive ketones (excluding diaryl/α,β-unsaturated/α-hetero) is 1. The molecule has 4 rings (SSSR count). The highest BCUT2D eigenvalue weighted by molar-refractivity contribution is 9.10. The molecule has 180 valence electrons. The van der Waals surface area contributed by atoms with E-state index >= 15 is 0 Å². The van der Waals surface area contributed by atoms with Crippen LogP contribution in [0.5, 0.6) is 0 Å². The number of carbonyl (C=O) groups excluding carboxylic acids is 2. The van der Waals surface area contributed by atoms with Crippen LogP contribution in [0.1, 0.15) is 54.6 Å². The van der Waals surface area contributed by atoms with Gasteiger partial charge in [-0.05, 0) is 65.8 Å². The lowest BCUT2D eigenvalue weighted by Crippen LogP contribution is -2.30. The zero-order valence-electron chi connectivity index (χ0n) is 20.3. The van der Waals surface area contributed by atoms with E-state index in [9.17, 15) is 14.7 Å². The van der Waals surface area contributed by atoms with E-state index < -0.39 is 17.7 Å². The van der Waals surface area contributed by atoms with Crippen molar-refractivity contribution in [2.75, 3.05) is 4.90 Å². The van der Waals surface area contributed by atoms with Gasteiger partial charge < -0.3 is 5.11 Å². The summed E-state index contributed by atoms with van der Waals surface area (Å²) in [4.78, 5) is 28.3. The highest BCUT2D eigenvalue weighted by Gasteiger charge is 2.47. The fraction of sp³-hybridized carbons (Fsp3) is 0.241. The second kappa shape index (κ2) is 9.29. The number of halogens is 2. The number of aliphatic hydroxyl groups excluding tert-OH is 1. The molecule has 6 heteroatoms. The van der Waals surface area contributed by atoms with Gasteiger partial charge in [-0.2, -0.15) is 0 Å². The number of aliphatic hydroxyl groups is 1. The van der Waals surface area contributed by atoms with Crippen molar-refractivity contribution in [3.8, 4) is 0 Å². The molecule has 1 fully saturated rings. The standard InChI is InChI=1S/C29H27BrClNO3/c1-16-15-19(11-14-21(16)30)26(33)24-25(18-9-12-20(13-10-18)29(3,4)5)32(28(35)27(24)34)23-8-6-7-22(31)17(23)2/h6-15,25,33H,1-5H3/b26-24+. The highest BCUT2D eigenvalue weighted by atomic mass is 79.9. The number of benzene rings is 3. The van der Waals surface area contributed by atoms with Crippen LogP contribution in [0.3, 0.4) is 0 Å². The summed E-state index contributed by atoms with van der Waals surface area (Å²) < 4.78 is 0.887. The third-order valence-corrected chi connectivity index (χ3v) is 7.77. The topological polar surface area (TPSA) is 57.6 Å². The van der Waals surface area contributed by atoms with Gasteiger partial charge >= 0.3 is 0 Å². The summed E-state index contributed by atoms with van der Waals surface area (Å²) in [6, 6.07) is 17.6. The van der Waals surface area contributed by atoms with Crippen LogP contribution in [0, 0.1) is 13.8 Å². The van der Waals surface area contributed by atoms with E-state index in [1.165, 1.54) is 4.90 Å². The molecule has 1 unspecified atom stereocenters. The van der Waals surface area contributed by atoms with Gasteiger partial charge in [-0.15, -0.1) is 0 Å². The first-order chi connectivity index (χ1) is 16.4. The summed E-state index contributed by atoms with van der Waals surface area (Å²) in [7, 11) is 0. The predicted molar refractivity (Wildman–Crippen MR) is 145 cm³/mol. The van der Waals surface area contributed by atoms with Gasteiger partial charge in [0.05, 0.1) is 11.6 Å². The average Bonchev–Trinajstić information content (AvgIpc) is 3.07. The maximum Gasteiger partial charge on any atom is 0.300 e. The van der Waals surface area contributed by atoms with E-state index in [0.717, 1.165) is 21.2 Å². The van der Waals surface area contributed by atoms with Gasteiger partial charge in [-0.1, -0.05) is 84.7 Å². The van der Waals surface area contributed by atoms with Crippen LogP contribution in [-0.2, 0) is 15.0 Å². The summed E-state index contributed by atoms with van der Waals surface area (Å²) in [5.74, 6) is -1.63. The molecule has 0 spiro atoms. The quantitative estimate of drug-likeness (QED) is 0.206. The van der Waals surface area contributed by atoms with Gasteiger partial charge in [-0.3, -0.25) is 14.5 Å². The van der Waals surface area contributed by atoms with Crippen LogP contribution < -0.4 is 4.90 Å². The Labute approximate surface area is 219 Å². The maximum atomic E-state index is 13.4. The molecule has 3 aromatic rings. The average molecular weight is 553 g/mol. The maximum absolute atomic E-state index is 13.4. The second-order valence-electron chi connectivity index (χ2n) is 9.89. The minimum atomic E-state index is -0.801. The summed E-state index contributed by atoms with van der Waals surface area (Å²) in [6.45, 7) is 10.1. The molecular formula is C29H27BrClNO3. The van der Waals surface area contributed by atoms with E-state index in [-0.39, 0.29) is 16.7 Å². The number of nitrogens with zero attached hydrogens (tertiary/aromatic N) is 1. The zero-order chi connectivity index (χ0) is 25.7. The van der Waals surface area contributed by atoms with Gasteiger partial charge in [-0.25, -0.2) is 0 Å². The fourth-order valence-corrected chi connectivity index (χ4v) is 4.78. The largest absolute Gasteiger partial charge is 0.507 e. The number of rotatable bonds is 3. The van der Waals surface area contributed by atoms with Crippen LogP contribution in [0.2, 0.25) is 5.02 Å². The summed E-state index contributed by atoms with van der Waals surface area (Å²) >= 11 is 9.85. The first-order valence-corrected chi connectivity index (χ1v) is 12.5. The lowest BCUT2D eigenvalue weighted by molar-refractivity contribution is -0.132. The molecule has 1 amide bonds. The zero-order valence-corrected chi connectivity index (χ0v) is 22.7. The van der Waals surface area contributed by atoms with Gasteiger partial charge in [0.25, 0.3) is 11.7 Å². The van der Waals surface area contributed by atoms with Crippen molar-refractivity contribution in [2.24, 2.45) is 0 Å². The Hall–Kier alpha value is -2.89. The number of amides is 1. The number of carbonyl (C=O) groups is 2. The molecule has 1 aliphatic rings. The molecule has 3 aromatic carbocycles. The first kappa shape index (κ1) is 25.2. The number of anilines is 1. The van der Waals surface area contributed by atoms with Crippen molar-refractivity contribution in [1.82, 2.24) is 0 Å². The molecular weight excluding hydrogens is 526 g/mol. The SMILES string of the molecule is Cc1cc(/C(O)=C2\C(=O)C(=O)N(c3cccc(Cl)c3C)C2c2ccc(C(C)(C)C)cc2)ccc1Br. The molecule has 1 N–H and O–H groups in total. The van der Waals surface area contributed by atoms with Crippen molar-refractivity contribution in [3.05, 3.63) is 104 Å². The minimum Gasteiger partial charge on any atom is -0.507 e. The molecule has 0 saturated carbocycles. The van der Waals surface area contributed by atoms with Crippen LogP contribution >= 0.6 is 27.5 Å². The second-order valence-corrected chi connectivity index (χ2v) is 11.2. The number of hydrogen-bond acceptors (Lipinski definition) is 3. The summed E-state index contributed by atoms with van der Waals surface area (Å²) in [5.41, 5.74) is 4.45. The van der Waals surface area contributed by atoms with Crippen molar-refractivity contribution in [3.63, 3.8) is 0 Å². The summed E-state index contributed by atoms with van der Waals surface area (Å²) in [5, 5.41) is 11.9. The minimum absolute atomic E-state index is 0.0552. The molecule has 1 atom stereocenters. The Balaban J connectivity index is 1.97. The predicted octanol–water partition coefficient (Wildman–Crippen LogP) is 7.64. The molecule has 1 aliphatic heterocycles. The van der Waals surface area contributed by atoms with Gasteiger partial charge in [0, 0.05) is 20.7 Å². The van der Waals surface area contributed by atoms with Crippen LogP contribution in [0.15, 0.2) is 70.7 Å². The molecule has 0 aliphatic carbocycles. The van der Waals surface area contributed by atoms with Crippen molar-refractivity contribution in [1.29, 1.82) is 0 Å². The third kappa shape index (κ3) is 4.55. The normalized spacial score (nSPS) is 17.8. The van der Waals surface area contributed by atoms with Crippen molar-refractivity contribution < 1.29 is 14.7 Å². The molecule has 1 saturated heterocycles. The van der Waals surface area contributed by atoms with E-state index in [1.54, 1.807) is 30.3 Å². The summed E-state index contributed by atoms with van der Waals surface area (Å²) in [6.07, 6.45) is 0. The van der Waals surface area contributed by atoms with E-state index in [4.69, 9.17) is 11.6 Å². The lowest BCUT2D eigenvalue weighted by atomic mass is 9.85. The fourth-order valence-electron chi connectivity index (χ4n) is 4.37. The molecule has 0 radical (unpaired) electrons. The van der Waals surface area contributed by atoms with E-state index in [0.29, 0.717) is 21.8 Å². The monoisotopic (exact) mass is 551 g/mol. The Morgan fingerprint density at radius 1 is 1.00 bits per heavy atom. The van der Waals surface area contributed by atoms with Gasteiger partial charge in [0.2, 0.25) is 0 Å². The van der Waals surface area contributed by atoms with Crippen LogP contribution in [0.4, 0.5) is 5.69 Å². The molecule has 4 nitrogen and oxygen atoms in total. The Morgan fingerprint density at radius 2 is 1.66 bits per heavy atom. The van der Waals surface area contributed by atoms with E-state index in [1.807, 2.05) is 44.2 Å². The van der Waals surface area contributed by atoms with Gasteiger partial charge in [0.1, 0.15) is 5.76 Å². The Morgan fingerprint density at radius 3 is 2.26 bits per heavy atom. The van der Waals surface area contributed by atoms with Crippen LogP contribution in [0.25, 0.3) is 5.76 Å². The third-order valence-electron chi connectivity index (χ3n) is 6.47.